The van der Waals surface area contributed by atoms with Crippen molar-refractivity contribution in [1.29, 1.82) is 0 Å². The predicted molar refractivity (Wildman–Crippen MR) is 122 cm³/mol. The molecule has 9 heteroatoms. The van der Waals surface area contributed by atoms with Crippen LogP contribution in [0.3, 0.4) is 0 Å². The molecular formula is C20H17Cl2IN4O2. The van der Waals surface area contributed by atoms with Crippen molar-refractivity contribution in [2.24, 2.45) is 5.92 Å². The largest absolute Gasteiger partial charge is 0.354 e. The molecule has 29 heavy (non-hydrogen) atoms. The molecule has 2 aromatic carbocycles. The highest BCUT2D eigenvalue weighted by Crippen LogP contribution is 2.33. The molecule has 150 valence electrons. The maximum Gasteiger partial charge on any atom is 0.277 e. The molecule has 0 spiro atoms. The van der Waals surface area contributed by atoms with Gasteiger partial charge >= 0.3 is 0 Å². The number of rotatable bonds is 7. The average molecular weight is 543 g/mol. The lowest BCUT2D eigenvalue weighted by Crippen LogP contribution is -2.25. The number of hydrogen-bond donors (Lipinski definition) is 2. The van der Waals surface area contributed by atoms with E-state index < -0.39 is 0 Å². The molecule has 0 saturated heterocycles. The number of benzene rings is 2. The molecule has 1 amide bonds. The van der Waals surface area contributed by atoms with Crippen LogP contribution >= 0.6 is 45.8 Å². The quantitative estimate of drug-likeness (QED) is 0.301. The molecule has 0 bridgehead atoms. The van der Waals surface area contributed by atoms with Crippen LogP contribution in [0.4, 0.5) is 11.4 Å². The van der Waals surface area contributed by atoms with Gasteiger partial charge in [-0.15, -0.1) is 0 Å². The summed E-state index contributed by atoms with van der Waals surface area (Å²) in [5.74, 6) is 0.146. The van der Waals surface area contributed by atoms with Crippen molar-refractivity contribution in [3.05, 3.63) is 68.0 Å². The summed E-state index contributed by atoms with van der Waals surface area (Å²) in [6.07, 6.45) is 5.71. The van der Waals surface area contributed by atoms with Gasteiger partial charge in [-0.25, -0.2) is 10.2 Å². The average Bonchev–Trinajstić information content (AvgIpc) is 3.35. The first kappa shape index (κ1) is 20.5. The Morgan fingerprint density at radius 3 is 2.72 bits per heavy atom. The predicted octanol–water partition coefficient (Wildman–Crippen LogP) is 5.60. The summed E-state index contributed by atoms with van der Waals surface area (Å²) in [7, 11) is 0. The molecule has 0 aliphatic heterocycles. The van der Waals surface area contributed by atoms with Gasteiger partial charge in [0.05, 0.1) is 39.3 Å². The number of carbonyl (C=O) groups excluding carboxylic acids is 1. The highest BCUT2D eigenvalue weighted by atomic mass is 127. The fourth-order valence-electron chi connectivity index (χ4n) is 2.74. The Morgan fingerprint density at radius 2 is 2.03 bits per heavy atom. The van der Waals surface area contributed by atoms with Gasteiger partial charge in [0.25, 0.3) is 5.91 Å². The lowest BCUT2D eigenvalue weighted by Gasteiger charge is -2.16. The molecule has 1 saturated carbocycles. The molecular weight excluding hydrogens is 526 g/mol. The number of amides is 1. The van der Waals surface area contributed by atoms with Crippen LogP contribution in [-0.4, -0.2) is 22.3 Å². The van der Waals surface area contributed by atoms with E-state index in [1.165, 1.54) is 0 Å². The van der Waals surface area contributed by atoms with Crippen LogP contribution in [0.5, 0.6) is 0 Å². The minimum Gasteiger partial charge on any atom is -0.354 e. The van der Waals surface area contributed by atoms with E-state index in [1.807, 2.05) is 18.2 Å². The minimum atomic E-state index is -0.385. The number of nitrogens with zero attached hydrogens (tertiary/aromatic N) is 2. The van der Waals surface area contributed by atoms with E-state index in [2.05, 4.69) is 38.5 Å². The van der Waals surface area contributed by atoms with Crippen LogP contribution in [-0.2, 0) is 4.84 Å². The third kappa shape index (κ3) is 5.03. The van der Waals surface area contributed by atoms with Crippen molar-refractivity contribution in [2.45, 2.75) is 12.8 Å². The zero-order valence-electron chi connectivity index (χ0n) is 15.2. The smallest absolute Gasteiger partial charge is 0.277 e. The standard InChI is InChI=1S/C20H17Cl2IN4O2/c21-15-8-13(23)4-5-17(15)25-18-10-19(27-7-1-6-24-27)16(22)9-14(18)20(28)26-29-11-12-2-3-12/h1,4-10,12,25H,2-3,11H2,(H,26,28). The van der Waals surface area contributed by atoms with E-state index in [0.717, 1.165) is 16.4 Å². The zero-order valence-corrected chi connectivity index (χ0v) is 18.8. The fourth-order valence-corrected chi connectivity index (χ4v) is 3.89. The Balaban J connectivity index is 1.67. The Hall–Kier alpha value is -1.81. The van der Waals surface area contributed by atoms with Crippen molar-refractivity contribution in [1.82, 2.24) is 15.3 Å². The maximum absolute atomic E-state index is 12.8. The number of anilines is 2. The summed E-state index contributed by atoms with van der Waals surface area (Å²) in [6, 6.07) is 10.8. The number of hydroxylamine groups is 1. The third-order valence-electron chi connectivity index (χ3n) is 4.46. The van der Waals surface area contributed by atoms with Crippen molar-refractivity contribution in [3.63, 3.8) is 0 Å². The van der Waals surface area contributed by atoms with Gasteiger partial charge in [0.15, 0.2) is 0 Å². The zero-order chi connectivity index (χ0) is 20.4. The second-order valence-electron chi connectivity index (χ2n) is 6.73. The summed E-state index contributed by atoms with van der Waals surface area (Å²) in [6.45, 7) is 0.510. The van der Waals surface area contributed by atoms with Crippen LogP contribution in [0.2, 0.25) is 10.0 Å². The lowest BCUT2D eigenvalue weighted by atomic mass is 10.1. The second kappa shape index (κ2) is 8.91. The normalized spacial score (nSPS) is 13.3. The first-order valence-corrected chi connectivity index (χ1v) is 10.8. The van der Waals surface area contributed by atoms with Gasteiger partial charge in [-0.3, -0.25) is 9.63 Å². The van der Waals surface area contributed by atoms with Gasteiger partial charge in [-0.1, -0.05) is 23.2 Å². The maximum atomic E-state index is 12.8. The van der Waals surface area contributed by atoms with E-state index >= 15 is 0 Å². The summed E-state index contributed by atoms with van der Waals surface area (Å²) in [4.78, 5) is 18.1. The Morgan fingerprint density at radius 1 is 1.21 bits per heavy atom. The van der Waals surface area contributed by atoms with E-state index in [9.17, 15) is 4.79 Å². The van der Waals surface area contributed by atoms with Gasteiger partial charge in [-0.2, -0.15) is 5.10 Å². The molecule has 1 aliphatic carbocycles. The van der Waals surface area contributed by atoms with Crippen molar-refractivity contribution < 1.29 is 9.63 Å². The van der Waals surface area contributed by atoms with E-state index in [0.29, 0.717) is 45.2 Å². The Bertz CT molecular complexity index is 1040. The summed E-state index contributed by atoms with van der Waals surface area (Å²) in [5.41, 5.74) is 4.70. The molecule has 1 heterocycles. The molecule has 4 rings (SSSR count). The number of hydrogen-bond acceptors (Lipinski definition) is 4. The number of carbonyl (C=O) groups is 1. The van der Waals surface area contributed by atoms with Gasteiger partial charge in [0.2, 0.25) is 0 Å². The SMILES string of the molecule is O=C(NOCC1CC1)c1cc(Cl)c(-n2cccn2)cc1Nc1ccc(I)cc1Cl. The second-order valence-corrected chi connectivity index (χ2v) is 8.79. The number of halogens is 3. The number of aromatic nitrogens is 2. The molecule has 0 unspecified atom stereocenters. The summed E-state index contributed by atoms with van der Waals surface area (Å²) in [5, 5.41) is 8.40. The highest BCUT2D eigenvalue weighted by molar-refractivity contribution is 14.1. The van der Waals surface area contributed by atoms with E-state index in [4.69, 9.17) is 28.0 Å². The van der Waals surface area contributed by atoms with E-state index in [1.54, 1.807) is 35.3 Å². The van der Waals surface area contributed by atoms with Crippen LogP contribution in [0.25, 0.3) is 5.69 Å². The minimum absolute atomic E-state index is 0.344. The van der Waals surface area contributed by atoms with Crippen LogP contribution < -0.4 is 10.8 Å². The molecule has 0 radical (unpaired) electrons. The van der Waals surface area contributed by atoms with E-state index in [-0.39, 0.29) is 5.91 Å². The molecule has 1 aromatic heterocycles. The molecule has 2 N–H and O–H groups in total. The lowest BCUT2D eigenvalue weighted by molar-refractivity contribution is 0.0271. The Kier molecular flexibility index (Phi) is 6.29. The fraction of sp³-hybridized carbons (Fsp3) is 0.200. The first-order chi connectivity index (χ1) is 14.0. The van der Waals surface area contributed by atoms with Crippen LogP contribution in [0.1, 0.15) is 23.2 Å². The number of nitrogens with one attached hydrogen (secondary N) is 2. The van der Waals surface area contributed by atoms with Crippen LogP contribution in [0.15, 0.2) is 48.8 Å². The molecule has 1 aliphatic rings. The molecule has 0 atom stereocenters. The van der Waals surface area contributed by atoms with Crippen molar-refractivity contribution in [3.8, 4) is 5.69 Å². The Labute approximate surface area is 191 Å². The van der Waals surface area contributed by atoms with Gasteiger partial charge in [0.1, 0.15) is 0 Å². The van der Waals surface area contributed by atoms with Gasteiger partial charge in [0, 0.05) is 16.0 Å². The van der Waals surface area contributed by atoms with Gasteiger partial charge < -0.3 is 5.32 Å². The topological polar surface area (TPSA) is 68.2 Å². The van der Waals surface area contributed by atoms with Crippen LogP contribution in [0, 0.1) is 9.49 Å². The molecule has 1 fully saturated rings. The van der Waals surface area contributed by atoms with Crippen molar-refractivity contribution >= 4 is 63.1 Å². The summed E-state index contributed by atoms with van der Waals surface area (Å²) >= 11 is 15.0. The monoisotopic (exact) mass is 542 g/mol. The molecule has 6 nitrogen and oxygen atoms in total. The third-order valence-corrected chi connectivity index (χ3v) is 5.75. The summed E-state index contributed by atoms with van der Waals surface area (Å²) < 4.78 is 2.65. The van der Waals surface area contributed by atoms with Crippen molar-refractivity contribution in [2.75, 3.05) is 11.9 Å². The molecule has 3 aromatic rings. The van der Waals surface area contributed by atoms with Gasteiger partial charge in [-0.05, 0) is 77.7 Å². The first-order valence-electron chi connectivity index (χ1n) is 8.99. The highest BCUT2D eigenvalue weighted by Gasteiger charge is 2.23.